The van der Waals surface area contributed by atoms with Gasteiger partial charge in [-0.1, -0.05) is 11.6 Å². The van der Waals surface area contributed by atoms with E-state index in [0.29, 0.717) is 18.7 Å². The van der Waals surface area contributed by atoms with E-state index >= 15 is 0 Å². The minimum atomic E-state index is -1.07. The molecule has 1 saturated carbocycles. The number of carboxylic acids is 1. The van der Waals surface area contributed by atoms with Crippen molar-refractivity contribution >= 4 is 23.5 Å². The smallest absolute Gasteiger partial charge is 0.337 e. The maximum absolute atomic E-state index is 11.8. The minimum absolute atomic E-state index is 0.0621. The molecule has 0 spiro atoms. The first-order chi connectivity index (χ1) is 10.5. The number of nitrogens with one attached hydrogen (secondary N) is 2. The summed E-state index contributed by atoms with van der Waals surface area (Å²) in [7, 11) is 0. The second-order valence-electron chi connectivity index (χ2n) is 5.57. The van der Waals surface area contributed by atoms with Crippen molar-refractivity contribution in [2.45, 2.75) is 32.6 Å². The number of aromatic carboxylic acids is 1. The molecule has 6 nitrogen and oxygen atoms in total. The number of hydrogen-bond acceptors (Lipinski definition) is 3. The second-order valence-corrected chi connectivity index (χ2v) is 5.57. The Morgan fingerprint density at radius 3 is 2.64 bits per heavy atom. The number of benzene rings is 1. The Bertz CT molecular complexity index is 594. The highest BCUT2D eigenvalue weighted by atomic mass is 16.4. The summed E-state index contributed by atoms with van der Waals surface area (Å²) in [6.07, 6.45) is 2.67. The number of hydrogen-bond donors (Lipinski definition) is 3. The lowest BCUT2D eigenvalue weighted by molar-refractivity contribution is -0.122. The van der Waals surface area contributed by atoms with Crippen molar-refractivity contribution in [1.82, 2.24) is 5.32 Å². The van der Waals surface area contributed by atoms with Crippen LogP contribution in [0.2, 0.25) is 0 Å². The van der Waals surface area contributed by atoms with Crippen LogP contribution < -0.4 is 10.6 Å². The van der Waals surface area contributed by atoms with Crippen molar-refractivity contribution in [3.8, 4) is 0 Å². The Balaban J connectivity index is 1.79. The number of carbonyl (C=O) groups excluding carboxylic acids is 2. The Morgan fingerprint density at radius 2 is 2.00 bits per heavy atom. The first-order valence-electron chi connectivity index (χ1n) is 7.39. The summed E-state index contributed by atoms with van der Waals surface area (Å²) in [6, 6.07) is 4.86. The van der Waals surface area contributed by atoms with E-state index in [1.165, 1.54) is 6.07 Å². The first-order valence-corrected chi connectivity index (χ1v) is 7.39. The first kappa shape index (κ1) is 16.0. The van der Waals surface area contributed by atoms with Gasteiger partial charge in [-0.3, -0.25) is 9.59 Å². The Kier molecular flexibility index (Phi) is 5.14. The van der Waals surface area contributed by atoms with Crippen LogP contribution in [0, 0.1) is 12.8 Å². The van der Waals surface area contributed by atoms with E-state index in [1.807, 2.05) is 0 Å². The van der Waals surface area contributed by atoms with Crippen LogP contribution in [-0.2, 0) is 9.59 Å². The predicted molar refractivity (Wildman–Crippen MR) is 81.7 cm³/mol. The number of carboxylic acid groups (broad SMARTS) is 1. The van der Waals surface area contributed by atoms with Gasteiger partial charge in [-0.05, 0) is 38.3 Å². The summed E-state index contributed by atoms with van der Waals surface area (Å²) in [4.78, 5) is 34.4. The fourth-order valence-electron chi connectivity index (χ4n) is 2.11. The highest BCUT2D eigenvalue weighted by Gasteiger charge is 2.28. The molecule has 2 rings (SSSR count). The lowest BCUT2D eigenvalue weighted by atomic mass is 10.1. The zero-order valence-electron chi connectivity index (χ0n) is 12.5. The summed E-state index contributed by atoms with van der Waals surface area (Å²) in [5, 5.41) is 14.5. The lowest BCUT2D eigenvalue weighted by Gasteiger charge is -2.09. The van der Waals surface area contributed by atoms with Crippen molar-refractivity contribution in [2.75, 3.05) is 11.9 Å². The van der Waals surface area contributed by atoms with Gasteiger partial charge in [0, 0.05) is 18.9 Å². The molecule has 0 heterocycles. The molecule has 0 saturated heterocycles. The Hall–Kier alpha value is -2.37. The molecule has 0 bridgehead atoms. The van der Waals surface area contributed by atoms with E-state index in [4.69, 9.17) is 5.11 Å². The van der Waals surface area contributed by atoms with E-state index in [0.717, 1.165) is 18.4 Å². The van der Waals surface area contributed by atoms with Crippen molar-refractivity contribution in [1.29, 1.82) is 0 Å². The molecule has 118 valence electrons. The molecule has 1 fully saturated rings. The van der Waals surface area contributed by atoms with Gasteiger partial charge in [-0.25, -0.2) is 4.79 Å². The fourth-order valence-corrected chi connectivity index (χ4v) is 2.11. The summed E-state index contributed by atoms with van der Waals surface area (Å²) in [6.45, 7) is 2.25. The molecular formula is C16H20N2O4. The third-order valence-electron chi connectivity index (χ3n) is 3.51. The van der Waals surface area contributed by atoms with E-state index in [-0.39, 0.29) is 29.7 Å². The SMILES string of the molecule is Cc1ccc(NC(=O)CCCNC(=O)C2CC2)c(C(=O)O)c1. The van der Waals surface area contributed by atoms with Crippen LogP contribution in [0.5, 0.6) is 0 Å². The minimum Gasteiger partial charge on any atom is -0.478 e. The van der Waals surface area contributed by atoms with Crippen molar-refractivity contribution in [3.63, 3.8) is 0 Å². The highest BCUT2D eigenvalue weighted by molar-refractivity contribution is 6.00. The van der Waals surface area contributed by atoms with Crippen molar-refractivity contribution < 1.29 is 19.5 Å². The number of aryl methyl sites for hydroxylation is 1. The molecule has 0 radical (unpaired) electrons. The molecule has 1 aliphatic carbocycles. The van der Waals surface area contributed by atoms with Crippen LogP contribution in [0.15, 0.2) is 18.2 Å². The molecule has 0 aromatic heterocycles. The van der Waals surface area contributed by atoms with Gasteiger partial charge in [0.15, 0.2) is 0 Å². The topological polar surface area (TPSA) is 95.5 Å². The Labute approximate surface area is 128 Å². The van der Waals surface area contributed by atoms with Gasteiger partial charge in [-0.15, -0.1) is 0 Å². The molecule has 1 aliphatic rings. The standard InChI is InChI=1S/C16H20N2O4/c1-10-4-7-13(12(9-10)16(21)22)18-14(19)3-2-8-17-15(20)11-5-6-11/h4,7,9,11H,2-3,5-6,8H2,1H3,(H,17,20)(H,18,19)(H,21,22). The van der Waals surface area contributed by atoms with Gasteiger partial charge in [0.1, 0.15) is 0 Å². The van der Waals surface area contributed by atoms with Crippen LogP contribution >= 0.6 is 0 Å². The zero-order valence-corrected chi connectivity index (χ0v) is 12.5. The average molecular weight is 304 g/mol. The summed E-state index contributed by atoms with van der Waals surface area (Å²) in [5.41, 5.74) is 1.19. The number of anilines is 1. The number of rotatable bonds is 7. The Morgan fingerprint density at radius 1 is 1.27 bits per heavy atom. The van der Waals surface area contributed by atoms with Crippen molar-refractivity contribution in [2.24, 2.45) is 5.92 Å². The molecule has 1 aromatic rings. The second kappa shape index (κ2) is 7.06. The number of carbonyl (C=O) groups is 3. The maximum Gasteiger partial charge on any atom is 0.337 e. The van der Waals surface area contributed by atoms with E-state index in [9.17, 15) is 14.4 Å². The van der Waals surface area contributed by atoms with Crippen LogP contribution in [0.3, 0.4) is 0 Å². The highest BCUT2D eigenvalue weighted by Crippen LogP contribution is 2.28. The molecule has 0 atom stereocenters. The third kappa shape index (κ3) is 4.58. The largest absolute Gasteiger partial charge is 0.478 e. The lowest BCUT2D eigenvalue weighted by Crippen LogP contribution is -2.26. The van der Waals surface area contributed by atoms with Crippen LogP contribution in [0.4, 0.5) is 5.69 Å². The normalized spacial score (nSPS) is 13.5. The summed E-state index contributed by atoms with van der Waals surface area (Å²) >= 11 is 0. The molecule has 6 heteroatoms. The van der Waals surface area contributed by atoms with Gasteiger partial charge >= 0.3 is 5.97 Å². The van der Waals surface area contributed by atoms with E-state index < -0.39 is 5.97 Å². The van der Waals surface area contributed by atoms with Crippen LogP contribution in [0.25, 0.3) is 0 Å². The third-order valence-corrected chi connectivity index (χ3v) is 3.51. The van der Waals surface area contributed by atoms with Crippen LogP contribution in [-0.4, -0.2) is 29.4 Å². The van der Waals surface area contributed by atoms with Crippen LogP contribution in [0.1, 0.15) is 41.6 Å². The van der Waals surface area contributed by atoms with Gasteiger partial charge < -0.3 is 15.7 Å². The van der Waals surface area contributed by atoms with Crippen molar-refractivity contribution in [3.05, 3.63) is 29.3 Å². The molecule has 1 aromatic carbocycles. The van der Waals surface area contributed by atoms with E-state index in [2.05, 4.69) is 10.6 Å². The number of amides is 2. The molecule has 2 amide bonds. The monoisotopic (exact) mass is 304 g/mol. The average Bonchev–Trinajstić information content (AvgIpc) is 3.29. The molecule has 0 unspecified atom stereocenters. The fraction of sp³-hybridized carbons (Fsp3) is 0.438. The summed E-state index contributed by atoms with van der Waals surface area (Å²) in [5.74, 6) is -1.10. The predicted octanol–water partition coefficient (Wildman–Crippen LogP) is 1.94. The zero-order chi connectivity index (χ0) is 16.1. The summed E-state index contributed by atoms with van der Waals surface area (Å²) < 4.78 is 0. The molecular weight excluding hydrogens is 284 g/mol. The molecule has 22 heavy (non-hydrogen) atoms. The van der Waals surface area contributed by atoms with Gasteiger partial charge in [0.2, 0.25) is 11.8 Å². The quantitative estimate of drug-likeness (QED) is 0.671. The van der Waals surface area contributed by atoms with E-state index in [1.54, 1.807) is 19.1 Å². The molecule has 3 N–H and O–H groups in total. The maximum atomic E-state index is 11.8. The van der Waals surface area contributed by atoms with Gasteiger partial charge in [0.25, 0.3) is 0 Å². The van der Waals surface area contributed by atoms with Gasteiger partial charge in [0.05, 0.1) is 11.3 Å². The molecule has 0 aliphatic heterocycles. The van der Waals surface area contributed by atoms with Gasteiger partial charge in [-0.2, -0.15) is 0 Å².